The quantitative estimate of drug-likeness (QED) is 0.135. The minimum Gasteiger partial charge on any atom is -0.489 e. The van der Waals surface area contributed by atoms with E-state index in [2.05, 4.69) is 73.2 Å². The molecule has 9 heteroatoms. The molecule has 0 saturated carbocycles. The van der Waals surface area contributed by atoms with E-state index in [-0.39, 0.29) is 12.0 Å². The second-order valence-corrected chi connectivity index (χ2v) is 13.5. The zero-order chi connectivity index (χ0) is 30.6. The van der Waals surface area contributed by atoms with E-state index in [1.165, 1.54) is 5.56 Å². The molecule has 3 aromatic carbocycles. The Morgan fingerprint density at radius 1 is 1.02 bits per heavy atom. The Morgan fingerprint density at radius 3 is 2.44 bits per heavy atom. The van der Waals surface area contributed by atoms with Crippen molar-refractivity contribution in [1.82, 2.24) is 14.8 Å². The Labute approximate surface area is 266 Å². The van der Waals surface area contributed by atoms with Crippen molar-refractivity contribution in [2.24, 2.45) is 0 Å². The number of hydrogen-bond donors (Lipinski definition) is 1. The molecule has 7 nitrogen and oxygen atoms in total. The predicted molar refractivity (Wildman–Crippen MR) is 175 cm³/mol. The van der Waals surface area contributed by atoms with Gasteiger partial charge in [0.05, 0.1) is 5.57 Å². The van der Waals surface area contributed by atoms with Crippen LogP contribution in [0.15, 0.2) is 93.7 Å². The van der Waals surface area contributed by atoms with Crippen LogP contribution in [0, 0.1) is 0 Å². The molecule has 1 aliphatic heterocycles. The van der Waals surface area contributed by atoms with Gasteiger partial charge in [0.1, 0.15) is 25.0 Å². The molecule has 0 aliphatic carbocycles. The summed E-state index contributed by atoms with van der Waals surface area (Å²) in [5.41, 5.74) is 5.22. The summed E-state index contributed by atoms with van der Waals surface area (Å²) < 4.78 is 14.9. The number of hydrogen-bond acceptors (Lipinski definition) is 7. The van der Waals surface area contributed by atoms with Crippen LogP contribution in [0.1, 0.15) is 69.3 Å². The van der Waals surface area contributed by atoms with Crippen LogP contribution in [-0.2, 0) is 28.2 Å². The van der Waals surface area contributed by atoms with E-state index >= 15 is 0 Å². The van der Waals surface area contributed by atoms with Crippen LogP contribution in [0.4, 0.5) is 5.95 Å². The highest BCUT2D eigenvalue weighted by atomic mass is 79.9. The lowest BCUT2D eigenvalue weighted by Gasteiger charge is -2.29. The number of anilines is 1. The van der Waals surface area contributed by atoms with Crippen LogP contribution < -0.4 is 10.1 Å². The molecule has 0 radical (unpaired) electrons. The molecular formula is C34H37BrN4O3S. The van der Waals surface area contributed by atoms with Gasteiger partial charge in [-0.25, -0.2) is 9.48 Å². The molecule has 0 bridgehead atoms. The molecule has 0 amide bonds. The minimum absolute atomic E-state index is 0.0762. The van der Waals surface area contributed by atoms with E-state index < -0.39 is 12.0 Å². The standard InChI is InChI=1S/C34H37BrN4O3S/c1-6-18-43-33-37-32-36-22(2)29(31(40)42-21-23-10-8-7-9-11-23)30(39(32)38-33)27-19-26(35)16-17-28(27)41-20-24-12-14-25(15-13-24)34(3,4)5/h7-17,19,30H,6,18,20-21H2,1-5H3,(H,36,37,38). The average molecular weight is 662 g/mol. The van der Waals surface area contributed by atoms with Gasteiger partial charge in [-0.3, -0.25) is 0 Å². The number of esters is 1. The van der Waals surface area contributed by atoms with Crippen molar-refractivity contribution in [3.8, 4) is 5.75 Å². The normalized spacial score (nSPS) is 14.7. The van der Waals surface area contributed by atoms with Gasteiger partial charge in [-0.2, -0.15) is 4.98 Å². The number of carbonyl (C=O) groups excluding carboxylic acids is 1. The van der Waals surface area contributed by atoms with Crippen molar-refractivity contribution in [3.05, 3.63) is 111 Å². The summed E-state index contributed by atoms with van der Waals surface area (Å²) >= 11 is 5.23. The molecule has 0 fully saturated rings. The molecular weight excluding hydrogens is 624 g/mol. The van der Waals surface area contributed by atoms with Gasteiger partial charge in [0.15, 0.2) is 0 Å². The number of aromatic nitrogens is 3. The van der Waals surface area contributed by atoms with E-state index in [0.717, 1.165) is 33.3 Å². The fourth-order valence-corrected chi connectivity index (χ4v) is 5.93. The smallest absolute Gasteiger partial charge is 0.338 e. The third-order valence-corrected chi connectivity index (χ3v) is 8.72. The number of allylic oxidation sites excluding steroid dienone is 1. The average Bonchev–Trinajstić information content (AvgIpc) is 3.40. The highest BCUT2D eigenvalue weighted by Crippen LogP contribution is 2.41. The van der Waals surface area contributed by atoms with Crippen LogP contribution in [0.2, 0.25) is 0 Å². The van der Waals surface area contributed by atoms with Gasteiger partial charge >= 0.3 is 5.97 Å². The van der Waals surface area contributed by atoms with Gasteiger partial charge in [0.2, 0.25) is 11.1 Å². The van der Waals surface area contributed by atoms with Crippen LogP contribution in [-0.4, -0.2) is 26.5 Å². The Hall–Kier alpha value is -3.56. The van der Waals surface area contributed by atoms with Crippen molar-refractivity contribution in [2.45, 2.75) is 70.9 Å². The predicted octanol–water partition coefficient (Wildman–Crippen LogP) is 8.45. The van der Waals surface area contributed by atoms with Crippen LogP contribution >= 0.6 is 27.7 Å². The first-order valence-electron chi connectivity index (χ1n) is 14.4. The monoisotopic (exact) mass is 660 g/mol. The molecule has 2 heterocycles. The fourth-order valence-electron chi connectivity index (χ4n) is 4.87. The molecule has 43 heavy (non-hydrogen) atoms. The maximum absolute atomic E-state index is 13.8. The maximum Gasteiger partial charge on any atom is 0.338 e. The zero-order valence-electron chi connectivity index (χ0n) is 25.2. The molecule has 0 spiro atoms. The maximum atomic E-state index is 13.8. The summed E-state index contributed by atoms with van der Waals surface area (Å²) in [6, 6.07) is 23.4. The van der Waals surface area contributed by atoms with Crippen molar-refractivity contribution in [3.63, 3.8) is 0 Å². The lowest BCUT2D eigenvalue weighted by Crippen LogP contribution is -2.30. The van der Waals surface area contributed by atoms with Crippen molar-refractivity contribution in [1.29, 1.82) is 0 Å². The molecule has 1 aliphatic rings. The van der Waals surface area contributed by atoms with Gasteiger partial charge in [0, 0.05) is 21.5 Å². The number of rotatable bonds is 10. The molecule has 1 N–H and O–H groups in total. The highest BCUT2D eigenvalue weighted by molar-refractivity contribution is 9.10. The van der Waals surface area contributed by atoms with E-state index in [1.54, 1.807) is 16.4 Å². The Morgan fingerprint density at radius 2 is 1.74 bits per heavy atom. The van der Waals surface area contributed by atoms with Gasteiger partial charge in [-0.15, -0.1) is 5.10 Å². The summed E-state index contributed by atoms with van der Waals surface area (Å²) in [5.74, 6) is 1.70. The van der Waals surface area contributed by atoms with Crippen molar-refractivity contribution >= 4 is 39.6 Å². The second-order valence-electron chi connectivity index (χ2n) is 11.6. The van der Waals surface area contributed by atoms with Gasteiger partial charge in [-0.05, 0) is 53.6 Å². The third-order valence-electron chi connectivity index (χ3n) is 7.18. The number of ether oxygens (including phenoxy) is 2. The first-order valence-corrected chi connectivity index (χ1v) is 16.2. The van der Waals surface area contributed by atoms with Gasteiger partial charge in [0.25, 0.3) is 0 Å². The van der Waals surface area contributed by atoms with Crippen molar-refractivity contribution < 1.29 is 14.3 Å². The summed E-state index contributed by atoms with van der Waals surface area (Å²) in [4.78, 5) is 18.5. The summed E-state index contributed by atoms with van der Waals surface area (Å²) in [6.07, 6.45) is 1.00. The SMILES string of the molecule is CCCSc1nc2n(n1)C(c1cc(Br)ccc1OCc1ccc(C(C)(C)C)cc1)C(C(=O)OCc1ccccc1)=C(C)N2. The van der Waals surface area contributed by atoms with Crippen LogP contribution in [0.25, 0.3) is 0 Å². The fraction of sp³-hybridized carbons (Fsp3) is 0.324. The van der Waals surface area contributed by atoms with Crippen LogP contribution in [0.3, 0.4) is 0 Å². The Kier molecular flexibility index (Phi) is 9.62. The first kappa shape index (κ1) is 30.9. The molecule has 5 rings (SSSR count). The number of nitrogens with zero attached hydrogens (tertiary/aromatic N) is 3. The molecule has 1 atom stereocenters. The van der Waals surface area contributed by atoms with Crippen molar-refractivity contribution in [2.75, 3.05) is 11.1 Å². The molecule has 4 aromatic rings. The number of halogens is 1. The van der Waals surface area contributed by atoms with E-state index in [4.69, 9.17) is 19.6 Å². The van der Waals surface area contributed by atoms with Crippen LogP contribution in [0.5, 0.6) is 5.75 Å². The highest BCUT2D eigenvalue weighted by Gasteiger charge is 2.37. The zero-order valence-corrected chi connectivity index (χ0v) is 27.6. The Balaban J connectivity index is 1.50. The minimum atomic E-state index is -0.612. The van der Waals surface area contributed by atoms with Gasteiger partial charge in [-0.1, -0.05) is 110 Å². The number of nitrogens with one attached hydrogen (secondary N) is 1. The molecule has 224 valence electrons. The van der Waals surface area contributed by atoms with E-state index in [1.807, 2.05) is 55.5 Å². The Bertz CT molecular complexity index is 1610. The molecule has 1 unspecified atom stereocenters. The topological polar surface area (TPSA) is 78.3 Å². The number of carbonyl (C=O) groups is 1. The first-order chi connectivity index (χ1) is 20.6. The number of fused-ring (bicyclic) bond motifs is 1. The second kappa shape index (κ2) is 13.4. The lowest BCUT2D eigenvalue weighted by molar-refractivity contribution is -0.140. The van der Waals surface area contributed by atoms with E-state index in [0.29, 0.717) is 34.7 Å². The third kappa shape index (κ3) is 7.33. The number of thioether (sulfide) groups is 1. The summed E-state index contributed by atoms with van der Waals surface area (Å²) in [5, 5.41) is 8.79. The van der Waals surface area contributed by atoms with Gasteiger partial charge < -0.3 is 14.8 Å². The lowest BCUT2D eigenvalue weighted by atomic mass is 9.87. The largest absolute Gasteiger partial charge is 0.489 e. The summed E-state index contributed by atoms with van der Waals surface area (Å²) in [6.45, 7) is 11.1. The summed E-state index contributed by atoms with van der Waals surface area (Å²) in [7, 11) is 0. The molecule has 0 saturated heterocycles. The number of benzene rings is 3. The van der Waals surface area contributed by atoms with E-state index in [9.17, 15) is 4.79 Å². The molecule has 1 aromatic heterocycles.